The molecule has 0 aromatic rings. The highest BCUT2D eigenvalue weighted by atomic mass is 35.5. The number of methoxy groups -OCH3 is 1. The van der Waals surface area contributed by atoms with Gasteiger partial charge in [-0.05, 0) is 19.3 Å². The molecule has 1 aliphatic carbocycles. The maximum atomic E-state index is 5.82. The molecule has 3 nitrogen and oxygen atoms in total. The van der Waals surface area contributed by atoms with Crippen LogP contribution in [0.25, 0.3) is 0 Å². The monoisotopic (exact) mass is 222 g/mol. The normalized spacial score (nSPS) is 26.1. The molecule has 0 atom stereocenters. The van der Waals surface area contributed by atoms with Crippen LogP contribution in [0.3, 0.4) is 0 Å². The first-order valence-electron chi connectivity index (χ1n) is 5.15. The Bertz CT molecular complexity index is 137. The van der Waals surface area contributed by atoms with Gasteiger partial charge < -0.3 is 14.2 Å². The second kappa shape index (κ2) is 7.46. The van der Waals surface area contributed by atoms with Crippen molar-refractivity contribution in [1.29, 1.82) is 0 Å². The van der Waals surface area contributed by atoms with E-state index in [0.717, 1.165) is 32.5 Å². The third-order valence-electron chi connectivity index (χ3n) is 2.26. The average molecular weight is 223 g/mol. The van der Waals surface area contributed by atoms with Crippen LogP contribution in [0.15, 0.2) is 0 Å². The van der Waals surface area contributed by atoms with Gasteiger partial charge in [-0.15, -0.1) is 11.6 Å². The van der Waals surface area contributed by atoms with Gasteiger partial charge in [0.05, 0.1) is 19.3 Å². The molecule has 0 radical (unpaired) electrons. The van der Waals surface area contributed by atoms with E-state index in [-0.39, 0.29) is 0 Å². The van der Waals surface area contributed by atoms with Crippen LogP contribution in [0, 0.1) is 0 Å². The molecule has 0 aromatic carbocycles. The molecule has 1 fully saturated rings. The standard InChI is InChI=1S/C10H19ClO3/c1-12-3-2-4-13-5-6-14-10-7-9(11)8-10/h9-10H,2-8H2,1H3. The SMILES string of the molecule is COCCCOCCOC1CC(Cl)C1. The lowest BCUT2D eigenvalue weighted by molar-refractivity contribution is -0.0285. The lowest BCUT2D eigenvalue weighted by atomic mass is 9.95. The largest absolute Gasteiger partial charge is 0.385 e. The highest BCUT2D eigenvalue weighted by Gasteiger charge is 2.27. The van der Waals surface area contributed by atoms with E-state index in [4.69, 9.17) is 25.8 Å². The van der Waals surface area contributed by atoms with Gasteiger partial charge in [0.25, 0.3) is 0 Å². The summed E-state index contributed by atoms with van der Waals surface area (Å²) in [6.07, 6.45) is 3.31. The molecule has 0 N–H and O–H groups in total. The smallest absolute Gasteiger partial charge is 0.0704 e. The molecule has 14 heavy (non-hydrogen) atoms. The molecule has 0 saturated heterocycles. The summed E-state index contributed by atoms with van der Waals surface area (Å²) in [6.45, 7) is 2.87. The molecule has 0 aromatic heterocycles. The molecule has 0 unspecified atom stereocenters. The maximum absolute atomic E-state index is 5.82. The van der Waals surface area contributed by atoms with E-state index in [1.807, 2.05) is 0 Å². The molecule has 1 rings (SSSR count). The van der Waals surface area contributed by atoms with Crippen molar-refractivity contribution >= 4 is 11.6 Å². The Balaban J connectivity index is 1.72. The highest BCUT2D eigenvalue weighted by molar-refractivity contribution is 6.21. The summed E-state index contributed by atoms with van der Waals surface area (Å²) < 4.78 is 15.8. The molecule has 1 saturated carbocycles. The third kappa shape index (κ3) is 5.15. The van der Waals surface area contributed by atoms with Gasteiger partial charge in [0.1, 0.15) is 0 Å². The fourth-order valence-electron chi connectivity index (χ4n) is 1.32. The number of rotatable bonds is 8. The van der Waals surface area contributed by atoms with Gasteiger partial charge in [0.15, 0.2) is 0 Å². The number of halogens is 1. The average Bonchev–Trinajstić information content (AvgIpc) is 2.13. The fourth-order valence-corrected chi connectivity index (χ4v) is 1.72. The van der Waals surface area contributed by atoms with Crippen LogP contribution in [-0.2, 0) is 14.2 Å². The Kier molecular flexibility index (Phi) is 6.52. The zero-order valence-corrected chi connectivity index (χ0v) is 9.46. The summed E-state index contributed by atoms with van der Waals surface area (Å²) in [5, 5.41) is 0.336. The Labute approximate surface area is 90.7 Å². The van der Waals surface area contributed by atoms with Crippen molar-refractivity contribution in [1.82, 2.24) is 0 Å². The number of hydrogen-bond donors (Lipinski definition) is 0. The van der Waals surface area contributed by atoms with Crippen molar-refractivity contribution in [2.75, 3.05) is 33.5 Å². The molecule has 1 aliphatic rings. The van der Waals surface area contributed by atoms with E-state index < -0.39 is 0 Å². The van der Waals surface area contributed by atoms with Crippen LogP contribution >= 0.6 is 11.6 Å². The van der Waals surface area contributed by atoms with Crippen LogP contribution in [-0.4, -0.2) is 45.0 Å². The van der Waals surface area contributed by atoms with E-state index in [0.29, 0.717) is 24.7 Å². The summed E-state index contributed by atoms with van der Waals surface area (Å²) in [4.78, 5) is 0. The number of alkyl halides is 1. The minimum Gasteiger partial charge on any atom is -0.385 e. The molecule has 0 spiro atoms. The molecule has 4 heteroatoms. The summed E-state index contributed by atoms with van der Waals surface area (Å²) in [5.41, 5.74) is 0. The molecule has 0 aliphatic heterocycles. The lowest BCUT2D eigenvalue weighted by Crippen LogP contribution is -2.32. The zero-order valence-electron chi connectivity index (χ0n) is 8.71. The van der Waals surface area contributed by atoms with Crippen LogP contribution in [0.1, 0.15) is 19.3 Å². The first-order chi connectivity index (χ1) is 6.83. The fraction of sp³-hybridized carbons (Fsp3) is 1.00. The summed E-state index contributed by atoms with van der Waals surface area (Å²) in [6, 6.07) is 0. The molecular formula is C10H19ClO3. The van der Waals surface area contributed by atoms with Crippen LogP contribution in [0.4, 0.5) is 0 Å². The topological polar surface area (TPSA) is 27.7 Å². The van der Waals surface area contributed by atoms with Crippen molar-refractivity contribution in [2.24, 2.45) is 0 Å². The number of ether oxygens (including phenoxy) is 3. The van der Waals surface area contributed by atoms with Gasteiger partial charge in [-0.2, -0.15) is 0 Å². The minimum atomic E-state index is 0.336. The van der Waals surface area contributed by atoms with E-state index in [1.54, 1.807) is 7.11 Å². The van der Waals surface area contributed by atoms with Crippen molar-refractivity contribution < 1.29 is 14.2 Å². The summed E-state index contributed by atoms with van der Waals surface area (Å²) >= 11 is 5.82. The lowest BCUT2D eigenvalue weighted by Gasteiger charge is -2.30. The molecule has 0 bridgehead atoms. The van der Waals surface area contributed by atoms with Crippen molar-refractivity contribution in [3.8, 4) is 0 Å². The van der Waals surface area contributed by atoms with E-state index in [2.05, 4.69) is 0 Å². The third-order valence-corrected chi connectivity index (χ3v) is 2.61. The quantitative estimate of drug-likeness (QED) is 0.463. The van der Waals surface area contributed by atoms with Crippen molar-refractivity contribution in [3.63, 3.8) is 0 Å². The second-order valence-electron chi connectivity index (χ2n) is 3.52. The van der Waals surface area contributed by atoms with E-state index in [1.165, 1.54) is 0 Å². The van der Waals surface area contributed by atoms with Crippen LogP contribution < -0.4 is 0 Å². The predicted octanol–water partition coefficient (Wildman–Crippen LogP) is 1.83. The Morgan fingerprint density at radius 3 is 2.57 bits per heavy atom. The molecule has 0 amide bonds. The van der Waals surface area contributed by atoms with Crippen LogP contribution in [0.2, 0.25) is 0 Å². The second-order valence-corrected chi connectivity index (χ2v) is 4.14. The Morgan fingerprint density at radius 1 is 1.14 bits per heavy atom. The highest BCUT2D eigenvalue weighted by Crippen LogP contribution is 2.27. The summed E-state index contributed by atoms with van der Waals surface area (Å²) in [7, 11) is 1.70. The van der Waals surface area contributed by atoms with Gasteiger partial charge in [-0.3, -0.25) is 0 Å². The van der Waals surface area contributed by atoms with Crippen LogP contribution in [0.5, 0.6) is 0 Å². The van der Waals surface area contributed by atoms with E-state index in [9.17, 15) is 0 Å². The summed E-state index contributed by atoms with van der Waals surface area (Å²) in [5.74, 6) is 0. The first kappa shape index (κ1) is 12.2. The first-order valence-corrected chi connectivity index (χ1v) is 5.59. The van der Waals surface area contributed by atoms with Gasteiger partial charge in [0, 0.05) is 25.7 Å². The minimum absolute atomic E-state index is 0.336. The molecular weight excluding hydrogens is 204 g/mol. The van der Waals surface area contributed by atoms with E-state index >= 15 is 0 Å². The Morgan fingerprint density at radius 2 is 1.93 bits per heavy atom. The van der Waals surface area contributed by atoms with Gasteiger partial charge in [-0.1, -0.05) is 0 Å². The maximum Gasteiger partial charge on any atom is 0.0704 e. The predicted molar refractivity (Wildman–Crippen MR) is 55.9 cm³/mol. The Hall–Kier alpha value is 0.170. The van der Waals surface area contributed by atoms with Gasteiger partial charge in [-0.25, -0.2) is 0 Å². The van der Waals surface area contributed by atoms with Gasteiger partial charge in [0.2, 0.25) is 0 Å². The number of hydrogen-bond acceptors (Lipinski definition) is 3. The van der Waals surface area contributed by atoms with Gasteiger partial charge >= 0.3 is 0 Å². The zero-order chi connectivity index (χ0) is 10.2. The van der Waals surface area contributed by atoms with Crippen molar-refractivity contribution in [3.05, 3.63) is 0 Å². The molecule has 0 heterocycles. The molecule has 84 valence electrons. The van der Waals surface area contributed by atoms with Crippen molar-refractivity contribution in [2.45, 2.75) is 30.7 Å².